The molecular weight excluding hydrogens is 390 g/mol. The minimum absolute atomic E-state index is 0.257. The molecule has 0 aromatic carbocycles. The molecule has 0 saturated heterocycles. The van der Waals surface area contributed by atoms with E-state index in [1.165, 1.54) is 135 Å². The Bertz CT molecular complexity index is 339. The number of thiol groups is 1. The fourth-order valence-corrected chi connectivity index (χ4v) is 4.39. The Hall–Kier alpha value is -0.220. The van der Waals surface area contributed by atoms with Gasteiger partial charge in [-0.2, -0.15) is 12.6 Å². The molecule has 0 bridgehead atoms. The molecule has 0 unspecified atom stereocenters. The number of amides is 1. The monoisotopic (exact) mass is 443 g/mol. The van der Waals surface area contributed by atoms with Gasteiger partial charge >= 0.3 is 0 Å². The van der Waals surface area contributed by atoms with E-state index in [2.05, 4.69) is 12.6 Å². The van der Waals surface area contributed by atoms with E-state index in [1.54, 1.807) is 5.48 Å². The van der Waals surface area contributed by atoms with E-state index in [4.69, 9.17) is 5.21 Å². The lowest BCUT2D eigenvalue weighted by atomic mass is 10.0. The van der Waals surface area contributed by atoms with Gasteiger partial charge < -0.3 is 0 Å². The molecule has 0 rings (SSSR count). The van der Waals surface area contributed by atoms with Crippen molar-refractivity contribution in [2.24, 2.45) is 0 Å². The minimum Gasteiger partial charge on any atom is -0.289 e. The van der Waals surface area contributed by atoms with E-state index in [9.17, 15) is 4.79 Å². The minimum atomic E-state index is -0.257. The second-order valence-corrected chi connectivity index (χ2v) is 9.59. The topological polar surface area (TPSA) is 49.3 Å². The Morgan fingerprint density at radius 1 is 0.467 bits per heavy atom. The first kappa shape index (κ1) is 29.8. The van der Waals surface area contributed by atoms with Crippen molar-refractivity contribution in [3.8, 4) is 0 Å². The van der Waals surface area contributed by atoms with Gasteiger partial charge in [-0.25, -0.2) is 5.48 Å². The second-order valence-electron chi connectivity index (χ2n) is 9.14. The molecule has 30 heavy (non-hydrogen) atoms. The highest BCUT2D eigenvalue weighted by Gasteiger charge is 1.98. The first-order valence-electron chi connectivity index (χ1n) is 13.3. The van der Waals surface area contributed by atoms with E-state index in [0.717, 1.165) is 18.6 Å². The fraction of sp³-hybridized carbons (Fsp3) is 0.962. The molecule has 3 nitrogen and oxygen atoms in total. The zero-order chi connectivity index (χ0) is 22.0. The predicted molar refractivity (Wildman–Crippen MR) is 135 cm³/mol. The zero-order valence-corrected chi connectivity index (χ0v) is 20.9. The van der Waals surface area contributed by atoms with Crippen molar-refractivity contribution in [3.63, 3.8) is 0 Å². The summed E-state index contributed by atoms with van der Waals surface area (Å²) in [5, 5.41) is 8.42. The molecule has 0 aliphatic heterocycles. The average molecular weight is 444 g/mol. The van der Waals surface area contributed by atoms with Gasteiger partial charge in [-0.15, -0.1) is 0 Å². The van der Waals surface area contributed by atoms with Crippen LogP contribution in [0, 0.1) is 0 Å². The lowest BCUT2D eigenvalue weighted by Crippen LogP contribution is -2.17. The van der Waals surface area contributed by atoms with Crippen LogP contribution in [0.1, 0.15) is 154 Å². The molecule has 180 valence electrons. The third kappa shape index (κ3) is 25.8. The highest BCUT2D eigenvalue weighted by Crippen LogP contribution is 2.15. The van der Waals surface area contributed by atoms with Gasteiger partial charge in [0.15, 0.2) is 0 Å². The third-order valence-electron chi connectivity index (χ3n) is 6.19. The van der Waals surface area contributed by atoms with E-state index >= 15 is 0 Å². The van der Waals surface area contributed by atoms with Gasteiger partial charge in [-0.05, 0) is 18.6 Å². The molecule has 4 heteroatoms. The van der Waals surface area contributed by atoms with Crippen LogP contribution in [0.4, 0.5) is 0 Å². The highest BCUT2D eigenvalue weighted by atomic mass is 32.1. The molecule has 0 aliphatic carbocycles. The lowest BCUT2D eigenvalue weighted by Gasteiger charge is -2.04. The summed E-state index contributed by atoms with van der Waals surface area (Å²) in [7, 11) is 0. The van der Waals surface area contributed by atoms with Crippen LogP contribution < -0.4 is 5.48 Å². The van der Waals surface area contributed by atoms with Crippen LogP contribution in [-0.4, -0.2) is 16.9 Å². The molecule has 0 saturated carbocycles. The summed E-state index contributed by atoms with van der Waals surface area (Å²) in [5.41, 5.74) is 1.69. The SMILES string of the molecule is O=C(CCCCCCCCCCCCCCCCCCCCCCCCCS)NO. The molecule has 1 amide bonds. The average Bonchev–Trinajstić information content (AvgIpc) is 2.76. The first-order valence-corrected chi connectivity index (χ1v) is 14.0. The van der Waals surface area contributed by atoms with Gasteiger partial charge in [-0.3, -0.25) is 10.0 Å². The summed E-state index contributed by atoms with van der Waals surface area (Å²) in [6.45, 7) is 0. The third-order valence-corrected chi connectivity index (χ3v) is 6.50. The van der Waals surface area contributed by atoms with Crippen molar-refractivity contribution >= 4 is 18.5 Å². The van der Waals surface area contributed by atoms with Crippen LogP contribution >= 0.6 is 12.6 Å². The van der Waals surface area contributed by atoms with Gasteiger partial charge in [0.1, 0.15) is 0 Å². The molecule has 0 radical (unpaired) electrons. The number of unbranched alkanes of at least 4 members (excludes halogenated alkanes) is 22. The van der Waals surface area contributed by atoms with Crippen LogP contribution in [-0.2, 0) is 4.79 Å². The quantitative estimate of drug-likeness (QED) is 0.0571. The summed E-state index contributed by atoms with van der Waals surface area (Å²) >= 11 is 4.26. The van der Waals surface area contributed by atoms with Crippen molar-refractivity contribution in [2.45, 2.75) is 154 Å². The van der Waals surface area contributed by atoms with E-state index in [-0.39, 0.29) is 5.91 Å². The second kappa shape index (κ2) is 26.8. The molecule has 0 aliphatic rings. The molecule has 0 aromatic rings. The first-order chi connectivity index (χ1) is 14.8. The van der Waals surface area contributed by atoms with Gasteiger partial charge in [-0.1, -0.05) is 135 Å². The van der Waals surface area contributed by atoms with Crippen molar-refractivity contribution in [1.29, 1.82) is 0 Å². The molecule has 0 atom stereocenters. The van der Waals surface area contributed by atoms with Gasteiger partial charge in [0.2, 0.25) is 5.91 Å². The summed E-state index contributed by atoms with van der Waals surface area (Å²) in [4.78, 5) is 10.9. The van der Waals surface area contributed by atoms with E-state index < -0.39 is 0 Å². The maximum Gasteiger partial charge on any atom is 0.243 e. The summed E-state index contributed by atoms with van der Waals surface area (Å²) < 4.78 is 0. The van der Waals surface area contributed by atoms with E-state index in [0.29, 0.717) is 6.42 Å². The van der Waals surface area contributed by atoms with Crippen LogP contribution in [0.3, 0.4) is 0 Å². The number of hydrogen-bond acceptors (Lipinski definition) is 3. The van der Waals surface area contributed by atoms with Gasteiger partial charge in [0.05, 0.1) is 0 Å². The Balaban J connectivity index is 3.01. The molecule has 0 fully saturated rings. The van der Waals surface area contributed by atoms with E-state index in [1.807, 2.05) is 0 Å². The summed E-state index contributed by atoms with van der Waals surface area (Å²) in [6, 6.07) is 0. The van der Waals surface area contributed by atoms with Crippen molar-refractivity contribution in [1.82, 2.24) is 5.48 Å². The molecule has 0 aromatic heterocycles. The Kier molecular flexibility index (Phi) is 26.6. The maximum atomic E-state index is 10.9. The smallest absolute Gasteiger partial charge is 0.243 e. The standard InChI is InChI=1S/C26H53NO2S/c28-26(27-29)24-22-20-18-16-14-12-10-8-6-4-2-1-3-5-7-9-11-13-15-17-19-21-23-25-30/h29-30H,1-25H2,(H,27,28). The van der Waals surface area contributed by atoms with Crippen LogP contribution in [0.2, 0.25) is 0 Å². The van der Waals surface area contributed by atoms with Crippen molar-refractivity contribution < 1.29 is 10.0 Å². The lowest BCUT2D eigenvalue weighted by molar-refractivity contribution is -0.129. The molecule has 2 N–H and O–H groups in total. The van der Waals surface area contributed by atoms with Crippen molar-refractivity contribution in [3.05, 3.63) is 0 Å². The van der Waals surface area contributed by atoms with Gasteiger partial charge in [0.25, 0.3) is 0 Å². The Morgan fingerprint density at radius 2 is 0.700 bits per heavy atom. The number of hydroxylamine groups is 1. The maximum absolute atomic E-state index is 10.9. The summed E-state index contributed by atoms with van der Waals surface area (Å²) in [5.74, 6) is 0.797. The number of rotatable bonds is 25. The van der Waals surface area contributed by atoms with Crippen LogP contribution in [0.15, 0.2) is 0 Å². The number of carbonyl (C=O) groups is 1. The Labute approximate surface area is 193 Å². The zero-order valence-electron chi connectivity index (χ0n) is 20.0. The highest BCUT2D eigenvalue weighted by molar-refractivity contribution is 7.80. The predicted octanol–water partition coefficient (Wildman–Crippen LogP) is 8.78. The number of hydrogen-bond donors (Lipinski definition) is 3. The van der Waals surface area contributed by atoms with Crippen LogP contribution in [0.25, 0.3) is 0 Å². The normalized spacial score (nSPS) is 11.1. The van der Waals surface area contributed by atoms with Crippen molar-refractivity contribution in [2.75, 3.05) is 5.75 Å². The molecular formula is C26H53NO2S. The molecule has 0 heterocycles. The largest absolute Gasteiger partial charge is 0.289 e. The Morgan fingerprint density at radius 3 is 0.933 bits per heavy atom. The fourth-order valence-electron chi connectivity index (χ4n) is 4.17. The molecule has 0 spiro atoms. The number of carbonyl (C=O) groups excluding carboxylic acids is 1. The number of nitrogens with one attached hydrogen (secondary N) is 1. The van der Waals surface area contributed by atoms with Gasteiger partial charge in [0, 0.05) is 6.42 Å². The summed E-state index contributed by atoms with van der Waals surface area (Å²) in [6.07, 6.45) is 31.8. The van der Waals surface area contributed by atoms with Crippen LogP contribution in [0.5, 0.6) is 0 Å².